The third kappa shape index (κ3) is 1.45. The summed E-state index contributed by atoms with van der Waals surface area (Å²) in [7, 11) is 0. The van der Waals surface area contributed by atoms with Gasteiger partial charge in [-0.05, 0) is 17.5 Å². The predicted molar refractivity (Wildman–Crippen MR) is 54.7 cm³/mol. The molecular formula is C9H7ClO2S. The first-order chi connectivity index (χ1) is 6.20. The number of alkyl halides is 1. The SMILES string of the molecule is Oc1cc2cc(CCl)sc2cc1O. The van der Waals surface area contributed by atoms with Gasteiger partial charge in [0, 0.05) is 15.6 Å². The molecule has 2 aromatic rings. The second-order valence-corrected chi connectivity index (χ2v) is 4.16. The number of phenolic OH excluding ortho intramolecular Hbond substituents is 2. The molecule has 0 bridgehead atoms. The molecule has 1 aromatic heterocycles. The van der Waals surface area contributed by atoms with Crippen molar-refractivity contribution in [3.8, 4) is 11.5 Å². The van der Waals surface area contributed by atoms with Crippen molar-refractivity contribution in [3.63, 3.8) is 0 Å². The minimum Gasteiger partial charge on any atom is -0.504 e. The van der Waals surface area contributed by atoms with Gasteiger partial charge in [-0.3, -0.25) is 0 Å². The van der Waals surface area contributed by atoms with E-state index in [-0.39, 0.29) is 11.5 Å². The van der Waals surface area contributed by atoms with E-state index < -0.39 is 0 Å². The van der Waals surface area contributed by atoms with Gasteiger partial charge in [0.15, 0.2) is 11.5 Å². The fraction of sp³-hybridized carbons (Fsp3) is 0.111. The van der Waals surface area contributed by atoms with Crippen LogP contribution < -0.4 is 0 Å². The topological polar surface area (TPSA) is 40.5 Å². The summed E-state index contributed by atoms with van der Waals surface area (Å²) in [6, 6.07) is 4.99. The molecule has 2 N–H and O–H groups in total. The molecule has 0 aliphatic carbocycles. The Morgan fingerprint density at radius 2 is 1.85 bits per heavy atom. The van der Waals surface area contributed by atoms with Crippen molar-refractivity contribution in [1.82, 2.24) is 0 Å². The summed E-state index contributed by atoms with van der Waals surface area (Å²) in [4.78, 5) is 1.03. The molecule has 0 spiro atoms. The first kappa shape index (κ1) is 8.66. The van der Waals surface area contributed by atoms with Crippen LogP contribution in [0.15, 0.2) is 18.2 Å². The molecule has 2 rings (SSSR count). The van der Waals surface area contributed by atoms with E-state index >= 15 is 0 Å². The second kappa shape index (κ2) is 3.09. The normalized spacial score (nSPS) is 10.8. The van der Waals surface area contributed by atoms with Gasteiger partial charge in [0.25, 0.3) is 0 Å². The van der Waals surface area contributed by atoms with Gasteiger partial charge in [-0.2, -0.15) is 0 Å². The van der Waals surface area contributed by atoms with E-state index in [1.165, 1.54) is 17.4 Å². The van der Waals surface area contributed by atoms with Crippen LogP contribution in [0.1, 0.15) is 4.88 Å². The van der Waals surface area contributed by atoms with Crippen molar-refractivity contribution in [3.05, 3.63) is 23.1 Å². The van der Waals surface area contributed by atoms with Crippen LogP contribution in [0.2, 0.25) is 0 Å². The van der Waals surface area contributed by atoms with E-state index in [0.717, 1.165) is 15.0 Å². The van der Waals surface area contributed by atoms with Gasteiger partial charge in [0.2, 0.25) is 0 Å². The maximum absolute atomic E-state index is 9.22. The first-order valence-electron chi connectivity index (χ1n) is 3.71. The fourth-order valence-electron chi connectivity index (χ4n) is 1.18. The van der Waals surface area contributed by atoms with E-state index in [4.69, 9.17) is 11.6 Å². The molecule has 4 heteroatoms. The summed E-state index contributed by atoms with van der Waals surface area (Å²) in [5, 5.41) is 19.4. The zero-order valence-electron chi connectivity index (χ0n) is 6.62. The summed E-state index contributed by atoms with van der Waals surface area (Å²) in [6.07, 6.45) is 0. The van der Waals surface area contributed by atoms with Gasteiger partial charge < -0.3 is 10.2 Å². The first-order valence-corrected chi connectivity index (χ1v) is 5.06. The second-order valence-electron chi connectivity index (χ2n) is 2.73. The quantitative estimate of drug-likeness (QED) is 0.566. The third-order valence-electron chi connectivity index (χ3n) is 1.80. The molecule has 0 unspecified atom stereocenters. The van der Waals surface area contributed by atoms with Gasteiger partial charge in [-0.15, -0.1) is 22.9 Å². The molecule has 0 aliphatic heterocycles. The number of thiophene rings is 1. The van der Waals surface area contributed by atoms with Crippen molar-refractivity contribution in [1.29, 1.82) is 0 Å². The lowest BCUT2D eigenvalue weighted by molar-refractivity contribution is 0.405. The number of aromatic hydroxyl groups is 2. The lowest BCUT2D eigenvalue weighted by Crippen LogP contribution is -1.67. The van der Waals surface area contributed by atoms with Crippen LogP contribution in [0, 0.1) is 0 Å². The Kier molecular flexibility index (Phi) is 2.06. The molecule has 1 heterocycles. The average Bonchev–Trinajstić information content (AvgIpc) is 2.48. The Labute approximate surface area is 84.0 Å². The van der Waals surface area contributed by atoms with Gasteiger partial charge in [0.1, 0.15) is 0 Å². The van der Waals surface area contributed by atoms with Crippen LogP contribution in [0.25, 0.3) is 10.1 Å². The third-order valence-corrected chi connectivity index (χ3v) is 3.34. The minimum absolute atomic E-state index is 0.0875. The highest BCUT2D eigenvalue weighted by Crippen LogP contribution is 2.35. The Morgan fingerprint density at radius 1 is 1.15 bits per heavy atom. The average molecular weight is 215 g/mol. The van der Waals surface area contributed by atoms with E-state index in [0.29, 0.717) is 5.88 Å². The molecule has 68 valence electrons. The molecule has 0 radical (unpaired) electrons. The molecule has 2 nitrogen and oxygen atoms in total. The summed E-state index contributed by atoms with van der Waals surface area (Å²) in [5.41, 5.74) is 0. The number of benzene rings is 1. The smallest absolute Gasteiger partial charge is 0.158 e. The van der Waals surface area contributed by atoms with Crippen molar-refractivity contribution in [2.24, 2.45) is 0 Å². The minimum atomic E-state index is -0.0913. The molecule has 0 atom stereocenters. The lowest BCUT2D eigenvalue weighted by atomic mass is 10.2. The molecule has 0 saturated carbocycles. The van der Waals surface area contributed by atoms with E-state index in [1.54, 1.807) is 6.07 Å². The maximum atomic E-state index is 9.22. The number of hydrogen-bond acceptors (Lipinski definition) is 3. The standard InChI is InChI=1S/C9H7ClO2S/c10-4-6-1-5-2-7(11)8(12)3-9(5)13-6/h1-3,11-12H,4H2. The number of phenols is 2. The highest BCUT2D eigenvalue weighted by Gasteiger charge is 2.05. The number of rotatable bonds is 1. The predicted octanol–water partition coefficient (Wildman–Crippen LogP) is 3.05. The van der Waals surface area contributed by atoms with Gasteiger partial charge in [-0.1, -0.05) is 0 Å². The monoisotopic (exact) mass is 214 g/mol. The van der Waals surface area contributed by atoms with E-state index in [9.17, 15) is 10.2 Å². The fourth-order valence-corrected chi connectivity index (χ4v) is 2.35. The summed E-state index contributed by atoms with van der Waals surface area (Å²) in [5.74, 6) is 0.280. The number of halogens is 1. The van der Waals surface area contributed by atoms with Crippen LogP contribution in [-0.4, -0.2) is 10.2 Å². The van der Waals surface area contributed by atoms with Crippen LogP contribution in [0.3, 0.4) is 0 Å². The van der Waals surface area contributed by atoms with Gasteiger partial charge in [-0.25, -0.2) is 0 Å². The molecule has 0 fully saturated rings. The van der Waals surface area contributed by atoms with Gasteiger partial charge in [0.05, 0.1) is 5.88 Å². The van der Waals surface area contributed by atoms with Crippen molar-refractivity contribution < 1.29 is 10.2 Å². The molecule has 0 aliphatic rings. The van der Waals surface area contributed by atoms with Crippen molar-refractivity contribution >= 4 is 33.0 Å². The summed E-state index contributed by atoms with van der Waals surface area (Å²) < 4.78 is 0.936. The lowest BCUT2D eigenvalue weighted by Gasteiger charge is -1.95. The maximum Gasteiger partial charge on any atom is 0.158 e. The van der Waals surface area contributed by atoms with Gasteiger partial charge >= 0.3 is 0 Å². The molecule has 1 aromatic carbocycles. The highest BCUT2D eigenvalue weighted by molar-refractivity contribution is 7.19. The van der Waals surface area contributed by atoms with Crippen molar-refractivity contribution in [2.75, 3.05) is 0 Å². The van der Waals surface area contributed by atoms with Crippen LogP contribution >= 0.6 is 22.9 Å². The number of hydrogen-bond donors (Lipinski definition) is 2. The Balaban J connectivity index is 2.70. The molecule has 0 amide bonds. The summed E-state index contributed by atoms with van der Waals surface area (Å²) in [6.45, 7) is 0. The summed E-state index contributed by atoms with van der Waals surface area (Å²) >= 11 is 7.18. The van der Waals surface area contributed by atoms with Crippen LogP contribution in [-0.2, 0) is 5.88 Å². The number of fused-ring (bicyclic) bond motifs is 1. The van der Waals surface area contributed by atoms with E-state index in [2.05, 4.69) is 0 Å². The van der Waals surface area contributed by atoms with Crippen LogP contribution in [0.5, 0.6) is 11.5 Å². The Bertz CT molecular complexity index is 411. The zero-order chi connectivity index (χ0) is 9.42. The van der Waals surface area contributed by atoms with E-state index in [1.807, 2.05) is 6.07 Å². The van der Waals surface area contributed by atoms with Crippen LogP contribution in [0.4, 0.5) is 0 Å². The zero-order valence-corrected chi connectivity index (χ0v) is 8.19. The van der Waals surface area contributed by atoms with Crippen molar-refractivity contribution in [2.45, 2.75) is 5.88 Å². The Hall–Kier alpha value is -0.930. The largest absolute Gasteiger partial charge is 0.504 e. The Morgan fingerprint density at radius 3 is 2.54 bits per heavy atom. The molecular weight excluding hydrogens is 208 g/mol. The molecule has 13 heavy (non-hydrogen) atoms. The highest BCUT2D eigenvalue weighted by atomic mass is 35.5. The molecule has 0 saturated heterocycles.